The Labute approximate surface area is 220 Å². The number of carboxylic acids is 1. The number of aliphatic carboxylic acids is 1. The van der Waals surface area contributed by atoms with Crippen molar-refractivity contribution in [3.63, 3.8) is 0 Å². The molecule has 0 spiro atoms. The summed E-state index contributed by atoms with van der Waals surface area (Å²) in [6.07, 6.45) is 0.877. The van der Waals surface area contributed by atoms with Crippen molar-refractivity contribution in [3.05, 3.63) is 102 Å². The number of primary amides is 1. The van der Waals surface area contributed by atoms with E-state index in [1.54, 1.807) is 36.4 Å². The number of nitrogens with zero attached hydrogens (tertiary/aromatic N) is 1. The monoisotopic (exact) mass is 536 g/mol. The van der Waals surface area contributed by atoms with Gasteiger partial charge in [0.2, 0.25) is 15.9 Å². The van der Waals surface area contributed by atoms with Crippen molar-refractivity contribution < 1.29 is 23.1 Å². The molecular weight excluding hydrogens is 512 g/mol. The second-order valence-electron chi connectivity index (χ2n) is 8.48. The maximum absolute atomic E-state index is 12.9. The summed E-state index contributed by atoms with van der Waals surface area (Å²) < 4.78 is 26.9. The van der Waals surface area contributed by atoms with Crippen LogP contribution in [0.3, 0.4) is 0 Å². The maximum Gasteiger partial charge on any atom is 0.322 e. The van der Waals surface area contributed by atoms with Crippen molar-refractivity contribution in [2.24, 2.45) is 5.73 Å². The van der Waals surface area contributed by atoms with E-state index in [2.05, 4.69) is 0 Å². The second-order valence-corrected chi connectivity index (χ2v) is 10.7. The lowest BCUT2D eigenvalue weighted by Gasteiger charge is -2.22. The van der Waals surface area contributed by atoms with Gasteiger partial charge in [-0.1, -0.05) is 84.4 Å². The molecule has 0 aliphatic carbocycles. The predicted octanol–water partition coefficient (Wildman–Crippen LogP) is 5.18. The molecule has 0 radical (unpaired) electrons. The van der Waals surface area contributed by atoms with Crippen LogP contribution in [0.1, 0.15) is 23.2 Å². The number of fused-ring (bicyclic) bond motifs is 1. The van der Waals surface area contributed by atoms with Crippen molar-refractivity contribution in [3.8, 4) is 11.1 Å². The van der Waals surface area contributed by atoms with E-state index < -0.39 is 27.9 Å². The molecule has 1 heterocycles. The number of carbonyl (C=O) groups is 2. The highest BCUT2D eigenvalue weighted by molar-refractivity contribution is 7.89. The topological polar surface area (TPSA) is 118 Å². The highest BCUT2D eigenvalue weighted by Gasteiger charge is 2.40. The molecule has 0 aromatic heterocycles. The Bertz CT molecular complexity index is 1560. The summed E-state index contributed by atoms with van der Waals surface area (Å²) >= 11 is 6.12. The van der Waals surface area contributed by atoms with Gasteiger partial charge >= 0.3 is 5.97 Å². The molecule has 9 heteroatoms. The molecule has 0 unspecified atom stereocenters. The quantitative estimate of drug-likeness (QED) is 0.364. The van der Waals surface area contributed by atoms with Gasteiger partial charge in [0.25, 0.3) is 0 Å². The van der Waals surface area contributed by atoms with Crippen LogP contribution in [0.4, 0.5) is 0 Å². The summed E-state index contributed by atoms with van der Waals surface area (Å²) in [5.74, 6) is -1.51. The van der Waals surface area contributed by atoms with Gasteiger partial charge in [-0.05, 0) is 42.2 Å². The van der Waals surface area contributed by atoms with Crippen LogP contribution in [0, 0.1) is 0 Å². The molecule has 5 rings (SSSR count). The van der Waals surface area contributed by atoms with Gasteiger partial charge in [0.05, 0.1) is 4.90 Å². The molecule has 4 aromatic carbocycles. The first-order valence-corrected chi connectivity index (χ1v) is 13.4. The van der Waals surface area contributed by atoms with E-state index in [-0.39, 0.29) is 11.4 Å². The highest BCUT2D eigenvalue weighted by atomic mass is 35.5. The zero-order valence-electron chi connectivity index (χ0n) is 19.7. The normalized spacial score (nSPS) is 15.6. The van der Waals surface area contributed by atoms with E-state index in [0.717, 1.165) is 15.4 Å². The molecule has 7 nitrogen and oxygen atoms in total. The average molecular weight is 537 g/mol. The van der Waals surface area contributed by atoms with Crippen molar-refractivity contribution in [2.75, 3.05) is 6.54 Å². The fourth-order valence-electron chi connectivity index (χ4n) is 4.44. The average Bonchev–Trinajstić information content (AvgIpc) is 3.41. The summed E-state index contributed by atoms with van der Waals surface area (Å²) in [6, 6.07) is 26.0. The number of benzene rings is 4. The van der Waals surface area contributed by atoms with Crippen LogP contribution in [0.15, 0.2) is 95.9 Å². The number of nitrogens with two attached hydrogens (primary N) is 1. The third kappa shape index (κ3) is 5.51. The van der Waals surface area contributed by atoms with Crippen LogP contribution in [0.2, 0.25) is 5.02 Å². The number of amides is 1. The molecule has 4 aromatic rings. The Balaban J connectivity index is 0.000000186. The number of sulfonamides is 1. The van der Waals surface area contributed by atoms with Gasteiger partial charge in [-0.25, -0.2) is 8.42 Å². The summed E-state index contributed by atoms with van der Waals surface area (Å²) in [7, 11) is -3.88. The van der Waals surface area contributed by atoms with E-state index in [9.17, 15) is 23.1 Å². The Morgan fingerprint density at radius 2 is 1.51 bits per heavy atom. The van der Waals surface area contributed by atoms with Gasteiger partial charge in [-0.3, -0.25) is 9.59 Å². The van der Waals surface area contributed by atoms with E-state index in [4.69, 9.17) is 17.3 Å². The lowest BCUT2D eigenvalue weighted by molar-refractivity contribution is -0.140. The minimum absolute atomic E-state index is 0.0978. The number of carboxylic acid groups (broad SMARTS) is 1. The summed E-state index contributed by atoms with van der Waals surface area (Å²) in [6.45, 7) is 0.219. The van der Waals surface area contributed by atoms with Gasteiger partial charge in [0, 0.05) is 27.9 Å². The molecule has 1 saturated heterocycles. The lowest BCUT2D eigenvalue weighted by atomic mass is 9.99. The fourth-order valence-corrected chi connectivity index (χ4v) is 6.53. The SMILES string of the molecule is NC(=O)c1ccccc1-c1ccccc1.O=C(O)[C@@H]1CCCN1S(=O)(=O)c1cccc2c(Cl)cccc12. The molecule has 1 atom stereocenters. The minimum atomic E-state index is -3.88. The molecule has 1 fully saturated rings. The van der Waals surface area contributed by atoms with Gasteiger partial charge in [0.15, 0.2) is 0 Å². The lowest BCUT2D eigenvalue weighted by Crippen LogP contribution is -2.40. The van der Waals surface area contributed by atoms with Crippen LogP contribution >= 0.6 is 11.6 Å². The fraction of sp³-hybridized carbons (Fsp3) is 0.143. The molecule has 0 bridgehead atoms. The number of hydrogen-bond acceptors (Lipinski definition) is 4. The van der Waals surface area contributed by atoms with E-state index in [1.165, 1.54) is 6.07 Å². The molecule has 37 heavy (non-hydrogen) atoms. The first-order chi connectivity index (χ1) is 17.7. The van der Waals surface area contributed by atoms with Crippen molar-refractivity contribution in [1.82, 2.24) is 4.31 Å². The van der Waals surface area contributed by atoms with Crippen LogP contribution < -0.4 is 5.73 Å². The van der Waals surface area contributed by atoms with Gasteiger partial charge in [0.1, 0.15) is 6.04 Å². The smallest absolute Gasteiger partial charge is 0.322 e. The third-order valence-corrected chi connectivity index (χ3v) is 8.48. The van der Waals surface area contributed by atoms with Gasteiger partial charge in [-0.15, -0.1) is 0 Å². The largest absolute Gasteiger partial charge is 0.480 e. The summed E-state index contributed by atoms with van der Waals surface area (Å²) in [4.78, 5) is 22.6. The van der Waals surface area contributed by atoms with Gasteiger partial charge in [-0.2, -0.15) is 4.31 Å². The highest BCUT2D eigenvalue weighted by Crippen LogP contribution is 2.33. The van der Waals surface area contributed by atoms with Crippen molar-refractivity contribution >= 4 is 44.3 Å². The molecule has 1 amide bonds. The molecule has 1 aliphatic heterocycles. The molecule has 0 saturated carbocycles. The number of hydrogen-bond donors (Lipinski definition) is 2. The van der Waals surface area contributed by atoms with Crippen LogP contribution in [0.25, 0.3) is 21.9 Å². The molecule has 190 valence electrons. The Morgan fingerprint density at radius 3 is 2.22 bits per heavy atom. The van der Waals surface area contributed by atoms with Gasteiger partial charge < -0.3 is 10.8 Å². The predicted molar refractivity (Wildman–Crippen MR) is 144 cm³/mol. The van der Waals surface area contributed by atoms with E-state index >= 15 is 0 Å². The number of rotatable bonds is 5. The van der Waals surface area contributed by atoms with Crippen LogP contribution in [-0.2, 0) is 14.8 Å². The third-order valence-electron chi connectivity index (χ3n) is 6.18. The maximum atomic E-state index is 12.9. The Morgan fingerprint density at radius 1 is 0.865 bits per heavy atom. The summed E-state index contributed by atoms with van der Waals surface area (Å²) in [5.41, 5.74) is 7.76. The van der Waals surface area contributed by atoms with Crippen LogP contribution in [0.5, 0.6) is 0 Å². The van der Waals surface area contributed by atoms with E-state index in [1.807, 2.05) is 48.5 Å². The minimum Gasteiger partial charge on any atom is -0.480 e. The molecule has 1 aliphatic rings. The van der Waals surface area contributed by atoms with Crippen molar-refractivity contribution in [1.29, 1.82) is 0 Å². The molecule has 3 N–H and O–H groups in total. The Hall–Kier alpha value is -3.72. The number of halogens is 1. The number of carbonyl (C=O) groups excluding carboxylic acids is 1. The van der Waals surface area contributed by atoms with Crippen molar-refractivity contribution in [2.45, 2.75) is 23.8 Å². The first kappa shape index (κ1) is 26.3. The van der Waals surface area contributed by atoms with Crippen LogP contribution in [-0.4, -0.2) is 42.3 Å². The standard InChI is InChI=1S/C15H14ClNO4S.C13H11NO/c16-12-6-1-5-11-10(12)4-2-8-14(11)22(20,21)17-9-3-7-13(17)15(18)19;14-13(15)12-9-5-4-8-11(12)10-6-2-1-3-7-10/h1-2,4-6,8,13H,3,7,9H2,(H,18,19);1-9H,(H2,14,15)/t13-;/m0./s1. The zero-order valence-corrected chi connectivity index (χ0v) is 21.3. The molecular formula is C28H25ClN2O5S. The Kier molecular flexibility index (Phi) is 7.92. The zero-order chi connectivity index (χ0) is 26.6. The first-order valence-electron chi connectivity index (χ1n) is 11.6. The summed E-state index contributed by atoms with van der Waals surface area (Å²) in [5, 5.41) is 10.8. The van der Waals surface area contributed by atoms with E-state index in [0.29, 0.717) is 34.2 Å². The second kappa shape index (κ2) is 11.1.